The number of para-hydroxylation sites is 1. The SMILES string of the molecule is COCC(C)C(O)c1cccc2c1OCC2. The Hall–Kier alpha value is -1.06. The second kappa shape index (κ2) is 4.85. The van der Waals surface area contributed by atoms with E-state index in [0.717, 1.165) is 24.3 Å². The van der Waals surface area contributed by atoms with Crippen LogP contribution in [0.25, 0.3) is 0 Å². The maximum atomic E-state index is 10.2. The summed E-state index contributed by atoms with van der Waals surface area (Å²) >= 11 is 0. The van der Waals surface area contributed by atoms with Crippen LogP contribution in [0.4, 0.5) is 0 Å². The van der Waals surface area contributed by atoms with Crippen molar-refractivity contribution in [1.29, 1.82) is 0 Å². The summed E-state index contributed by atoms with van der Waals surface area (Å²) < 4.78 is 10.6. The van der Waals surface area contributed by atoms with Crippen LogP contribution in [-0.4, -0.2) is 25.4 Å². The van der Waals surface area contributed by atoms with E-state index in [9.17, 15) is 5.11 Å². The van der Waals surface area contributed by atoms with Gasteiger partial charge in [0.1, 0.15) is 5.75 Å². The van der Waals surface area contributed by atoms with Gasteiger partial charge in [-0.15, -0.1) is 0 Å². The molecule has 2 unspecified atom stereocenters. The van der Waals surface area contributed by atoms with Gasteiger partial charge in [-0.3, -0.25) is 0 Å². The molecule has 0 saturated heterocycles. The van der Waals surface area contributed by atoms with Crippen LogP contribution in [0.2, 0.25) is 0 Å². The smallest absolute Gasteiger partial charge is 0.128 e. The van der Waals surface area contributed by atoms with Crippen LogP contribution >= 0.6 is 0 Å². The molecule has 1 heterocycles. The predicted molar refractivity (Wildman–Crippen MR) is 61.6 cm³/mol. The van der Waals surface area contributed by atoms with Gasteiger partial charge in [0.25, 0.3) is 0 Å². The minimum atomic E-state index is -0.520. The van der Waals surface area contributed by atoms with E-state index in [2.05, 4.69) is 6.07 Å². The fourth-order valence-electron chi connectivity index (χ4n) is 2.13. The fourth-order valence-corrected chi connectivity index (χ4v) is 2.13. The lowest BCUT2D eigenvalue weighted by molar-refractivity contribution is 0.0551. The third-order valence-electron chi connectivity index (χ3n) is 3.03. The first kappa shape index (κ1) is 11.4. The highest BCUT2D eigenvalue weighted by molar-refractivity contribution is 5.45. The first-order valence-electron chi connectivity index (χ1n) is 5.65. The molecule has 1 N–H and O–H groups in total. The normalized spacial score (nSPS) is 17.7. The molecule has 16 heavy (non-hydrogen) atoms. The third-order valence-corrected chi connectivity index (χ3v) is 3.03. The number of benzene rings is 1. The molecular weight excluding hydrogens is 204 g/mol. The van der Waals surface area contributed by atoms with Crippen LogP contribution in [-0.2, 0) is 11.2 Å². The Labute approximate surface area is 96.0 Å². The molecular formula is C13H18O3. The molecule has 88 valence electrons. The number of ether oxygens (including phenoxy) is 2. The summed E-state index contributed by atoms with van der Waals surface area (Å²) in [5.41, 5.74) is 2.08. The molecule has 0 aromatic heterocycles. The van der Waals surface area contributed by atoms with Gasteiger partial charge in [0.2, 0.25) is 0 Å². The summed E-state index contributed by atoms with van der Waals surface area (Å²) in [5, 5.41) is 10.2. The Morgan fingerprint density at radius 1 is 1.50 bits per heavy atom. The number of aliphatic hydroxyl groups is 1. The van der Waals surface area contributed by atoms with Gasteiger partial charge in [-0.25, -0.2) is 0 Å². The van der Waals surface area contributed by atoms with Crippen molar-refractivity contribution in [2.24, 2.45) is 5.92 Å². The molecule has 0 bridgehead atoms. The van der Waals surface area contributed by atoms with Crippen molar-refractivity contribution in [2.45, 2.75) is 19.4 Å². The first-order chi connectivity index (χ1) is 7.74. The molecule has 3 nitrogen and oxygen atoms in total. The van der Waals surface area contributed by atoms with Crippen molar-refractivity contribution in [2.75, 3.05) is 20.3 Å². The summed E-state index contributed by atoms with van der Waals surface area (Å²) in [6.07, 6.45) is 0.419. The van der Waals surface area contributed by atoms with Gasteiger partial charge >= 0.3 is 0 Å². The zero-order valence-corrected chi connectivity index (χ0v) is 9.77. The molecule has 0 amide bonds. The van der Waals surface area contributed by atoms with Crippen molar-refractivity contribution in [3.8, 4) is 5.75 Å². The number of hydrogen-bond donors (Lipinski definition) is 1. The number of hydrogen-bond acceptors (Lipinski definition) is 3. The number of aliphatic hydroxyl groups excluding tert-OH is 1. The van der Waals surface area contributed by atoms with Crippen LogP contribution in [0.3, 0.4) is 0 Å². The molecule has 2 rings (SSSR count). The molecule has 1 aliphatic heterocycles. The molecule has 1 aliphatic rings. The van der Waals surface area contributed by atoms with Crippen LogP contribution in [0.1, 0.15) is 24.2 Å². The molecule has 3 heteroatoms. The highest BCUT2D eigenvalue weighted by Gasteiger charge is 2.24. The summed E-state index contributed by atoms with van der Waals surface area (Å²) in [6, 6.07) is 5.96. The van der Waals surface area contributed by atoms with Gasteiger partial charge < -0.3 is 14.6 Å². The van der Waals surface area contributed by atoms with E-state index < -0.39 is 6.10 Å². The van der Waals surface area contributed by atoms with Crippen LogP contribution < -0.4 is 4.74 Å². The van der Waals surface area contributed by atoms with Gasteiger partial charge in [0.15, 0.2) is 0 Å². The Kier molecular flexibility index (Phi) is 3.46. The van der Waals surface area contributed by atoms with E-state index in [-0.39, 0.29) is 5.92 Å². The van der Waals surface area contributed by atoms with E-state index in [1.165, 1.54) is 5.56 Å². The lowest BCUT2D eigenvalue weighted by Gasteiger charge is -2.20. The van der Waals surface area contributed by atoms with Crippen LogP contribution in [0.5, 0.6) is 5.75 Å². The minimum absolute atomic E-state index is 0.0701. The second-order valence-corrected chi connectivity index (χ2v) is 4.31. The average molecular weight is 222 g/mol. The maximum Gasteiger partial charge on any atom is 0.128 e. The van der Waals surface area contributed by atoms with E-state index in [4.69, 9.17) is 9.47 Å². The largest absolute Gasteiger partial charge is 0.493 e. The average Bonchev–Trinajstić information content (AvgIpc) is 2.76. The summed E-state index contributed by atoms with van der Waals surface area (Å²) in [4.78, 5) is 0. The topological polar surface area (TPSA) is 38.7 Å². The zero-order chi connectivity index (χ0) is 11.5. The van der Waals surface area contributed by atoms with Crippen molar-refractivity contribution in [1.82, 2.24) is 0 Å². The lowest BCUT2D eigenvalue weighted by atomic mass is 9.95. The van der Waals surface area contributed by atoms with Gasteiger partial charge in [0.05, 0.1) is 19.3 Å². The second-order valence-electron chi connectivity index (χ2n) is 4.31. The molecule has 0 fully saturated rings. The number of fused-ring (bicyclic) bond motifs is 1. The molecule has 0 spiro atoms. The quantitative estimate of drug-likeness (QED) is 0.846. The van der Waals surface area contributed by atoms with Crippen molar-refractivity contribution in [3.05, 3.63) is 29.3 Å². The molecule has 0 radical (unpaired) electrons. The molecule has 2 atom stereocenters. The Balaban J connectivity index is 2.23. The number of rotatable bonds is 4. The highest BCUT2D eigenvalue weighted by Crippen LogP contribution is 2.36. The van der Waals surface area contributed by atoms with Gasteiger partial charge in [-0.1, -0.05) is 25.1 Å². The van der Waals surface area contributed by atoms with Crippen LogP contribution in [0, 0.1) is 5.92 Å². The molecule has 0 aliphatic carbocycles. The van der Waals surface area contributed by atoms with E-state index in [0.29, 0.717) is 6.61 Å². The molecule has 0 saturated carbocycles. The van der Waals surface area contributed by atoms with Crippen molar-refractivity contribution >= 4 is 0 Å². The monoisotopic (exact) mass is 222 g/mol. The Morgan fingerprint density at radius 3 is 3.06 bits per heavy atom. The minimum Gasteiger partial charge on any atom is -0.493 e. The van der Waals surface area contributed by atoms with Crippen LogP contribution in [0.15, 0.2) is 18.2 Å². The predicted octanol–water partition coefficient (Wildman–Crippen LogP) is 1.94. The molecule has 1 aromatic carbocycles. The van der Waals surface area contributed by atoms with E-state index in [1.54, 1.807) is 7.11 Å². The van der Waals surface area contributed by atoms with Crippen molar-refractivity contribution < 1.29 is 14.6 Å². The number of methoxy groups -OCH3 is 1. The molecule has 1 aromatic rings. The maximum absolute atomic E-state index is 10.2. The fraction of sp³-hybridized carbons (Fsp3) is 0.538. The Bertz CT molecular complexity index is 362. The lowest BCUT2D eigenvalue weighted by Crippen LogP contribution is -2.15. The van der Waals surface area contributed by atoms with E-state index in [1.807, 2.05) is 19.1 Å². The van der Waals surface area contributed by atoms with Gasteiger partial charge in [-0.05, 0) is 5.56 Å². The Morgan fingerprint density at radius 2 is 2.31 bits per heavy atom. The summed E-state index contributed by atoms with van der Waals surface area (Å²) in [6.45, 7) is 3.24. The van der Waals surface area contributed by atoms with Crippen molar-refractivity contribution in [3.63, 3.8) is 0 Å². The third kappa shape index (κ3) is 2.06. The standard InChI is InChI=1S/C13H18O3/c1-9(8-15-2)12(14)11-5-3-4-10-6-7-16-13(10)11/h3-5,9,12,14H,6-8H2,1-2H3. The first-order valence-corrected chi connectivity index (χ1v) is 5.65. The van der Waals surface area contributed by atoms with Gasteiger partial charge in [0, 0.05) is 25.0 Å². The zero-order valence-electron chi connectivity index (χ0n) is 9.77. The van der Waals surface area contributed by atoms with E-state index >= 15 is 0 Å². The summed E-state index contributed by atoms with van der Waals surface area (Å²) in [7, 11) is 1.65. The highest BCUT2D eigenvalue weighted by atomic mass is 16.5. The summed E-state index contributed by atoms with van der Waals surface area (Å²) in [5.74, 6) is 0.943. The van der Waals surface area contributed by atoms with Gasteiger partial charge in [-0.2, -0.15) is 0 Å².